The molecule has 6 rings (SSSR count). The molecule has 7 N–H and O–H groups in total. The summed E-state index contributed by atoms with van der Waals surface area (Å²) in [5, 5.41) is 40.0. The van der Waals surface area contributed by atoms with Crippen molar-refractivity contribution in [3.05, 3.63) is 91.0 Å². The van der Waals surface area contributed by atoms with Crippen molar-refractivity contribution < 1.29 is 138 Å². The predicted molar refractivity (Wildman–Crippen MR) is 188 cm³/mol. The fourth-order valence-corrected chi connectivity index (χ4v) is 7.10. The van der Waals surface area contributed by atoms with E-state index in [9.17, 15) is 49.1 Å². The maximum Gasteiger partial charge on any atom is 1.00 e. The van der Waals surface area contributed by atoms with Crippen molar-refractivity contribution in [1.29, 1.82) is 0 Å². The van der Waals surface area contributed by atoms with Gasteiger partial charge in [0, 0.05) is 27.8 Å². The molecule has 0 atom stereocenters. The minimum atomic E-state index is -5.19. The molecular formula is C32H22N7Na3O11S3. The molecule has 0 bridgehead atoms. The second-order valence-electron chi connectivity index (χ2n) is 11.2. The number of phenolic OH excluding ortho intramolecular Hbond substituents is 2. The average molecular weight is 846 g/mol. The number of hydrogen-bond acceptors (Lipinski definition) is 18. The Labute approximate surface area is 385 Å². The van der Waals surface area contributed by atoms with E-state index < -0.39 is 67.9 Å². The van der Waals surface area contributed by atoms with Gasteiger partial charge in [0.25, 0.3) is 0 Å². The quantitative estimate of drug-likeness (QED) is 0.0416. The van der Waals surface area contributed by atoms with E-state index in [4.69, 9.17) is 11.5 Å². The molecule has 0 heterocycles. The molecule has 0 saturated heterocycles. The van der Waals surface area contributed by atoms with Crippen LogP contribution in [0.25, 0.3) is 21.5 Å². The Balaban J connectivity index is 0.00000280. The van der Waals surface area contributed by atoms with Crippen LogP contribution in [0.1, 0.15) is 0 Å². The molecule has 0 radical (unpaired) electrons. The molecule has 18 nitrogen and oxygen atoms in total. The minimum absolute atomic E-state index is 0. The summed E-state index contributed by atoms with van der Waals surface area (Å²) in [6.07, 6.45) is 0. The van der Waals surface area contributed by atoms with Crippen LogP contribution >= 0.6 is 0 Å². The summed E-state index contributed by atoms with van der Waals surface area (Å²) in [6.45, 7) is 0. The zero-order valence-corrected chi connectivity index (χ0v) is 37.8. The average Bonchev–Trinajstić information content (AvgIpc) is 3.07. The number of fused-ring (bicyclic) bond motifs is 2. The number of anilines is 4. The Morgan fingerprint density at radius 2 is 0.911 bits per heavy atom. The van der Waals surface area contributed by atoms with Crippen molar-refractivity contribution >= 4 is 97.4 Å². The van der Waals surface area contributed by atoms with Gasteiger partial charge in [-0.1, -0.05) is 12.1 Å². The van der Waals surface area contributed by atoms with Gasteiger partial charge in [0.1, 0.15) is 41.7 Å². The van der Waals surface area contributed by atoms with E-state index >= 15 is 0 Å². The zero-order valence-electron chi connectivity index (χ0n) is 29.4. The molecule has 0 amide bonds. The predicted octanol–water partition coefficient (Wildman–Crippen LogP) is -3.13. The smallest absolute Gasteiger partial charge is 0.744 e. The molecule has 272 valence electrons. The van der Waals surface area contributed by atoms with Crippen LogP contribution in [0.5, 0.6) is 11.5 Å². The van der Waals surface area contributed by atoms with Crippen LogP contribution in [0.15, 0.2) is 126 Å². The SMILES string of the molecule is Nc1ccc2cc(S(=O)(=O)[O-])c(N=Nc3ccc(Nc4ccc(N=Nc5c(S(=O)(=O)[O-])cc6ccc(N)cc6c5O)cc4S(=O)(=O)[O-])cc3)c(O)c2c1.[Na+].[Na+].[Na+]. The van der Waals surface area contributed by atoms with Crippen LogP contribution in [0.2, 0.25) is 0 Å². The number of nitrogen functional groups attached to an aromatic ring is 2. The molecule has 0 fully saturated rings. The van der Waals surface area contributed by atoms with E-state index in [-0.39, 0.29) is 144 Å². The van der Waals surface area contributed by atoms with Crippen molar-refractivity contribution in [2.24, 2.45) is 20.5 Å². The molecule has 6 aromatic carbocycles. The Morgan fingerprint density at radius 1 is 0.500 bits per heavy atom. The van der Waals surface area contributed by atoms with Gasteiger partial charge in [-0.2, -0.15) is 10.2 Å². The van der Waals surface area contributed by atoms with E-state index in [2.05, 4.69) is 25.8 Å². The summed E-state index contributed by atoms with van der Waals surface area (Å²) >= 11 is 0. The third kappa shape index (κ3) is 10.4. The third-order valence-electron chi connectivity index (χ3n) is 7.60. The molecule has 0 aliphatic rings. The summed E-state index contributed by atoms with van der Waals surface area (Å²) < 4.78 is 109. The minimum Gasteiger partial charge on any atom is -0.744 e. The maximum absolute atomic E-state index is 12.2. The van der Waals surface area contributed by atoms with E-state index in [1.165, 1.54) is 66.7 Å². The first-order valence-electron chi connectivity index (χ1n) is 14.6. The van der Waals surface area contributed by atoms with Crippen LogP contribution in [-0.2, 0) is 30.4 Å². The molecule has 0 unspecified atom stereocenters. The number of nitrogens with zero attached hydrogens (tertiary/aromatic N) is 4. The van der Waals surface area contributed by atoms with Gasteiger partial charge in [0.05, 0.1) is 31.7 Å². The van der Waals surface area contributed by atoms with Gasteiger partial charge in [-0.15, -0.1) is 10.2 Å². The zero-order chi connectivity index (χ0) is 38.5. The molecule has 0 aliphatic carbocycles. The van der Waals surface area contributed by atoms with Gasteiger partial charge < -0.3 is 40.7 Å². The van der Waals surface area contributed by atoms with Gasteiger partial charge in [-0.3, -0.25) is 0 Å². The standard InChI is InChI=1S/C32H25N7O11S3.3Na/c33-18-3-1-16-11-27(52(45,46)47)29(31(40)23(16)13-18)38-36-21-7-5-20(6-8-21)35-25-10-9-22(15-26(25)51(42,43)44)37-39-30-28(53(48,49)50)12-17-2-4-19(34)14-24(17)32(30)41;;;/h1-15,35,40-41H,33-34H2,(H,42,43,44)(H,45,46,47)(H,48,49,50);;;/q;3*+1/p-3. The van der Waals surface area contributed by atoms with Crippen molar-refractivity contribution in [3.63, 3.8) is 0 Å². The first-order valence-corrected chi connectivity index (χ1v) is 18.8. The molecule has 6 aromatic rings. The van der Waals surface area contributed by atoms with E-state index in [1.54, 1.807) is 0 Å². The fraction of sp³-hybridized carbons (Fsp3) is 0. The third-order valence-corrected chi connectivity index (χ3v) is 10.2. The number of nitrogens with one attached hydrogen (secondary N) is 1. The molecule has 56 heavy (non-hydrogen) atoms. The molecular weight excluding hydrogens is 824 g/mol. The van der Waals surface area contributed by atoms with Gasteiger partial charge >= 0.3 is 88.7 Å². The normalized spacial score (nSPS) is 12.0. The van der Waals surface area contributed by atoms with Crippen LogP contribution in [0.3, 0.4) is 0 Å². The summed E-state index contributed by atoms with van der Waals surface area (Å²) in [7, 11) is -15.5. The van der Waals surface area contributed by atoms with Gasteiger partial charge in [-0.05, 0) is 89.6 Å². The number of nitrogens with two attached hydrogens (primary N) is 2. The van der Waals surface area contributed by atoms with Crippen molar-refractivity contribution in [3.8, 4) is 11.5 Å². The summed E-state index contributed by atoms with van der Waals surface area (Å²) in [6, 6.07) is 19.0. The number of aromatic hydroxyl groups is 2. The van der Waals surface area contributed by atoms with E-state index in [0.29, 0.717) is 0 Å². The Hall–Kier alpha value is -3.23. The first-order chi connectivity index (χ1) is 24.8. The molecule has 0 aromatic heterocycles. The Bertz CT molecular complexity index is 2900. The summed E-state index contributed by atoms with van der Waals surface area (Å²) in [4.78, 5) is -2.54. The maximum atomic E-state index is 12.2. The van der Waals surface area contributed by atoms with Crippen molar-refractivity contribution in [1.82, 2.24) is 0 Å². The van der Waals surface area contributed by atoms with Crippen molar-refractivity contribution in [2.75, 3.05) is 16.8 Å². The number of rotatable bonds is 9. The van der Waals surface area contributed by atoms with Gasteiger partial charge in [-0.25, -0.2) is 25.3 Å². The number of phenols is 2. The van der Waals surface area contributed by atoms with Gasteiger partial charge in [0.15, 0.2) is 11.5 Å². The second kappa shape index (κ2) is 18.1. The Morgan fingerprint density at radius 3 is 1.34 bits per heavy atom. The number of azo groups is 2. The van der Waals surface area contributed by atoms with Crippen LogP contribution in [-0.4, -0.2) is 49.1 Å². The number of benzene rings is 6. The second-order valence-corrected chi connectivity index (χ2v) is 15.3. The summed E-state index contributed by atoms with van der Waals surface area (Å²) in [5.74, 6) is -1.38. The monoisotopic (exact) mass is 845 g/mol. The largest absolute Gasteiger partial charge is 1.00 e. The topological polar surface area (TPSA) is 326 Å². The molecule has 0 spiro atoms. The molecule has 24 heteroatoms. The molecule has 0 saturated carbocycles. The van der Waals surface area contributed by atoms with Crippen LogP contribution in [0.4, 0.5) is 45.5 Å². The van der Waals surface area contributed by atoms with Crippen molar-refractivity contribution in [2.45, 2.75) is 14.7 Å². The Kier molecular flexibility index (Phi) is 15.3. The first kappa shape index (κ1) is 47.1. The number of hydrogen-bond donors (Lipinski definition) is 5. The summed E-state index contributed by atoms with van der Waals surface area (Å²) in [5.41, 5.74) is 10.5. The van der Waals surface area contributed by atoms with Crippen LogP contribution < -0.4 is 105 Å². The fourth-order valence-electron chi connectivity index (χ4n) is 5.16. The van der Waals surface area contributed by atoms with Crippen LogP contribution in [0, 0.1) is 0 Å². The van der Waals surface area contributed by atoms with E-state index in [0.717, 1.165) is 24.3 Å². The van der Waals surface area contributed by atoms with Gasteiger partial charge in [0.2, 0.25) is 0 Å². The molecule has 0 aliphatic heterocycles. The van der Waals surface area contributed by atoms with E-state index in [1.807, 2.05) is 0 Å².